The lowest BCUT2D eigenvalue weighted by atomic mass is 10.3. The first kappa shape index (κ1) is 16.3. The molecule has 0 spiro atoms. The number of hydrogen-bond donors (Lipinski definition) is 0. The van der Waals surface area contributed by atoms with Crippen molar-refractivity contribution in [2.24, 2.45) is 0 Å². The molecule has 1 aromatic carbocycles. The summed E-state index contributed by atoms with van der Waals surface area (Å²) in [6.07, 6.45) is 0. The second kappa shape index (κ2) is 5.32. The van der Waals surface area contributed by atoms with Crippen molar-refractivity contribution in [2.45, 2.75) is 5.51 Å². The lowest BCUT2D eigenvalue weighted by molar-refractivity contribution is -0.385. The van der Waals surface area contributed by atoms with Crippen LogP contribution in [0.5, 0.6) is 11.5 Å². The number of alkyl halides is 3. The summed E-state index contributed by atoms with van der Waals surface area (Å²) in [5.41, 5.74) is -6.83. The maximum atomic E-state index is 12.2. The molecule has 0 bridgehead atoms. The van der Waals surface area contributed by atoms with Gasteiger partial charge in [-0.2, -0.15) is 21.6 Å². The molecule has 0 N–H and O–H groups in total. The van der Waals surface area contributed by atoms with E-state index in [0.29, 0.717) is 6.07 Å². The maximum absolute atomic E-state index is 12.2. The summed E-state index contributed by atoms with van der Waals surface area (Å²) in [7, 11) is -5.13. The third-order valence-corrected chi connectivity index (χ3v) is 3.06. The Morgan fingerprint density at radius 1 is 1.35 bits per heavy atom. The zero-order valence-corrected chi connectivity index (χ0v) is 11.0. The molecular formula is C8H5ClF3NO6S. The van der Waals surface area contributed by atoms with Crippen LogP contribution in [0.25, 0.3) is 0 Å². The van der Waals surface area contributed by atoms with Gasteiger partial charge in [-0.25, -0.2) is 0 Å². The molecule has 0 aliphatic heterocycles. The smallest absolute Gasteiger partial charge is 0.492 e. The Balaban J connectivity index is 3.48. The number of nitro groups is 1. The van der Waals surface area contributed by atoms with Crippen molar-refractivity contribution in [1.29, 1.82) is 0 Å². The van der Waals surface area contributed by atoms with E-state index < -0.39 is 37.7 Å². The van der Waals surface area contributed by atoms with E-state index in [4.69, 9.17) is 11.6 Å². The topological polar surface area (TPSA) is 95.7 Å². The van der Waals surface area contributed by atoms with Crippen LogP contribution in [0.15, 0.2) is 12.1 Å². The minimum atomic E-state index is -6.08. The molecule has 0 heterocycles. The van der Waals surface area contributed by atoms with E-state index in [0.717, 1.165) is 13.2 Å². The summed E-state index contributed by atoms with van der Waals surface area (Å²) in [5, 5.41) is 10.5. The first-order valence-corrected chi connectivity index (χ1v) is 6.31. The maximum Gasteiger partial charge on any atom is 0.534 e. The fraction of sp³-hybridized carbons (Fsp3) is 0.250. The summed E-state index contributed by atoms with van der Waals surface area (Å²) < 4.78 is 66.7. The van der Waals surface area contributed by atoms with Gasteiger partial charge in [0.2, 0.25) is 0 Å². The summed E-state index contributed by atoms with van der Waals surface area (Å²) in [4.78, 5) is 9.56. The van der Waals surface area contributed by atoms with Crippen molar-refractivity contribution in [2.75, 3.05) is 7.11 Å². The standard InChI is InChI=1S/C8H5ClF3NO6S/c1-18-6-3-4(9)2-5(13(14)15)7(6)19-20(16,17)8(10,11)12/h2-3H,1H3. The van der Waals surface area contributed by atoms with Crippen LogP contribution in [0.1, 0.15) is 0 Å². The fourth-order valence-corrected chi connectivity index (χ4v) is 1.77. The molecule has 112 valence electrons. The molecular weight excluding hydrogens is 331 g/mol. The van der Waals surface area contributed by atoms with Gasteiger partial charge in [0.1, 0.15) is 0 Å². The minimum Gasteiger partial charge on any atom is -0.492 e. The van der Waals surface area contributed by atoms with Gasteiger partial charge in [-0.15, -0.1) is 0 Å². The molecule has 0 saturated carbocycles. The third kappa shape index (κ3) is 3.22. The molecule has 0 aliphatic carbocycles. The van der Waals surface area contributed by atoms with Crippen molar-refractivity contribution >= 4 is 27.4 Å². The van der Waals surface area contributed by atoms with E-state index in [-0.39, 0.29) is 5.02 Å². The van der Waals surface area contributed by atoms with Crippen LogP contribution >= 0.6 is 11.6 Å². The van der Waals surface area contributed by atoms with Crippen LogP contribution in [0.3, 0.4) is 0 Å². The molecule has 0 amide bonds. The van der Waals surface area contributed by atoms with Gasteiger partial charge in [0.05, 0.1) is 17.1 Å². The predicted molar refractivity (Wildman–Crippen MR) is 60.3 cm³/mol. The summed E-state index contributed by atoms with van der Waals surface area (Å²) in [5.74, 6) is -1.84. The zero-order chi connectivity index (χ0) is 15.7. The lowest BCUT2D eigenvalue weighted by Crippen LogP contribution is -2.28. The largest absolute Gasteiger partial charge is 0.534 e. The lowest BCUT2D eigenvalue weighted by Gasteiger charge is -2.12. The van der Waals surface area contributed by atoms with Gasteiger partial charge in [-0.3, -0.25) is 10.1 Å². The molecule has 20 heavy (non-hydrogen) atoms. The molecule has 0 unspecified atom stereocenters. The van der Waals surface area contributed by atoms with Crippen LogP contribution in [-0.2, 0) is 10.1 Å². The van der Waals surface area contributed by atoms with E-state index >= 15 is 0 Å². The summed E-state index contributed by atoms with van der Waals surface area (Å²) >= 11 is 5.49. The normalized spacial score (nSPS) is 12.1. The van der Waals surface area contributed by atoms with E-state index in [9.17, 15) is 31.7 Å². The molecule has 12 heteroatoms. The van der Waals surface area contributed by atoms with Gasteiger partial charge in [-0.1, -0.05) is 11.6 Å². The molecule has 0 aliphatic rings. The first-order chi connectivity index (χ1) is 8.99. The van der Waals surface area contributed by atoms with Gasteiger partial charge in [0, 0.05) is 12.1 Å². The quantitative estimate of drug-likeness (QED) is 0.363. The highest BCUT2D eigenvalue weighted by Gasteiger charge is 2.50. The predicted octanol–water partition coefficient (Wildman–Crippen LogP) is 2.49. The number of nitrogens with zero attached hydrogens (tertiary/aromatic N) is 1. The Morgan fingerprint density at radius 3 is 2.30 bits per heavy atom. The highest BCUT2D eigenvalue weighted by atomic mass is 35.5. The average Bonchev–Trinajstić information content (AvgIpc) is 2.28. The van der Waals surface area contributed by atoms with Crippen molar-refractivity contribution in [1.82, 2.24) is 0 Å². The van der Waals surface area contributed by atoms with E-state index in [1.807, 2.05) is 0 Å². The van der Waals surface area contributed by atoms with Crippen molar-refractivity contribution < 1.29 is 35.4 Å². The van der Waals surface area contributed by atoms with Gasteiger partial charge in [-0.05, 0) is 0 Å². The molecule has 1 rings (SSSR count). The number of nitro benzene ring substituents is 1. The third-order valence-electron chi connectivity index (χ3n) is 1.89. The zero-order valence-electron chi connectivity index (χ0n) is 9.47. The number of benzene rings is 1. The van der Waals surface area contributed by atoms with E-state index in [1.54, 1.807) is 0 Å². The van der Waals surface area contributed by atoms with Crippen molar-refractivity contribution in [3.63, 3.8) is 0 Å². The van der Waals surface area contributed by atoms with Crippen LogP contribution in [0, 0.1) is 10.1 Å². The van der Waals surface area contributed by atoms with Crippen LogP contribution in [-0.4, -0.2) is 26.0 Å². The molecule has 0 saturated heterocycles. The van der Waals surface area contributed by atoms with Gasteiger partial charge < -0.3 is 8.92 Å². The van der Waals surface area contributed by atoms with Crippen molar-refractivity contribution in [3.8, 4) is 11.5 Å². The molecule has 7 nitrogen and oxygen atoms in total. The monoisotopic (exact) mass is 335 g/mol. The Bertz CT molecular complexity index is 644. The second-order valence-electron chi connectivity index (χ2n) is 3.20. The average molecular weight is 336 g/mol. The molecule has 1 aromatic rings. The number of methoxy groups -OCH3 is 1. The van der Waals surface area contributed by atoms with E-state index in [2.05, 4.69) is 8.92 Å². The SMILES string of the molecule is COc1cc(Cl)cc([N+](=O)[O-])c1OS(=O)(=O)C(F)(F)F. The van der Waals surface area contributed by atoms with Gasteiger partial charge >= 0.3 is 21.3 Å². The second-order valence-corrected chi connectivity index (χ2v) is 5.17. The molecule has 0 radical (unpaired) electrons. The van der Waals surface area contributed by atoms with E-state index in [1.165, 1.54) is 0 Å². The van der Waals surface area contributed by atoms with Crippen LogP contribution in [0.4, 0.5) is 18.9 Å². The van der Waals surface area contributed by atoms with Gasteiger partial charge in [0.15, 0.2) is 5.75 Å². The molecule has 0 atom stereocenters. The highest BCUT2D eigenvalue weighted by molar-refractivity contribution is 7.88. The number of rotatable bonds is 4. The number of ether oxygens (including phenoxy) is 1. The molecule has 0 aromatic heterocycles. The molecule has 0 fully saturated rings. The Hall–Kier alpha value is -1.75. The van der Waals surface area contributed by atoms with Crippen molar-refractivity contribution in [3.05, 3.63) is 27.3 Å². The Labute approximate surface area is 115 Å². The fourth-order valence-electron chi connectivity index (χ4n) is 1.08. The van der Waals surface area contributed by atoms with Gasteiger partial charge in [0.25, 0.3) is 5.75 Å². The number of hydrogen-bond acceptors (Lipinski definition) is 6. The Morgan fingerprint density at radius 2 is 1.90 bits per heavy atom. The first-order valence-electron chi connectivity index (χ1n) is 4.52. The minimum absolute atomic E-state index is 0.245. The number of halogens is 4. The highest BCUT2D eigenvalue weighted by Crippen LogP contribution is 2.42. The van der Waals surface area contributed by atoms with Crippen LogP contribution in [0.2, 0.25) is 5.02 Å². The summed E-state index contributed by atoms with van der Waals surface area (Å²) in [6, 6.07) is 1.50. The summed E-state index contributed by atoms with van der Waals surface area (Å²) in [6.45, 7) is 0. The van der Waals surface area contributed by atoms with Crippen LogP contribution < -0.4 is 8.92 Å². The Kier molecular flexibility index (Phi) is 4.34.